The van der Waals surface area contributed by atoms with Crippen LogP contribution in [0.4, 0.5) is 0 Å². The highest BCUT2D eigenvalue weighted by Gasteiger charge is 2.32. The number of nitrogens with zero attached hydrogens (tertiary/aromatic N) is 1. The largest absolute Gasteiger partial charge is 0.449 e. The fraction of sp³-hybridized carbons (Fsp3) is 0.400. The van der Waals surface area contributed by atoms with Crippen molar-refractivity contribution in [1.29, 1.82) is 0 Å². The van der Waals surface area contributed by atoms with E-state index in [1.165, 1.54) is 0 Å². The van der Waals surface area contributed by atoms with E-state index in [0.29, 0.717) is 31.1 Å². The first-order valence-corrected chi connectivity index (χ1v) is 7.65. The molecule has 1 aliphatic rings. The Morgan fingerprint density at radius 3 is 2.38 bits per heavy atom. The van der Waals surface area contributed by atoms with Gasteiger partial charge in [-0.05, 0) is 17.7 Å². The highest BCUT2D eigenvalue weighted by Crippen LogP contribution is 2.40. The third-order valence-electron chi connectivity index (χ3n) is 3.47. The summed E-state index contributed by atoms with van der Waals surface area (Å²) in [5.74, 6) is 8.44. The highest BCUT2D eigenvalue weighted by molar-refractivity contribution is 5.46. The molecule has 0 aliphatic carbocycles. The van der Waals surface area contributed by atoms with Crippen LogP contribution in [0, 0.1) is 37.0 Å². The van der Waals surface area contributed by atoms with Gasteiger partial charge >= 0.3 is 0 Å². The second-order valence-corrected chi connectivity index (χ2v) is 5.89. The van der Waals surface area contributed by atoms with Crippen LogP contribution in [-0.2, 0) is 4.74 Å². The van der Waals surface area contributed by atoms with E-state index in [-0.39, 0.29) is 12.7 Å². The predicted molar refractivity (Wildman–Crippen MR) is 93.4 cm³/mol. The minimum absolute atomic E-state index is 0.199. The molecule has 0 saturated heterocycles. The zero-order valence-corrected chi connectivity index (χ0v) is 14.0. The van der Waals surface area contributed by atoms with E-state index < -0.39 is 5.79 Å². The normalized spacial score (nSPS) is 15.3. The van der Waals surface area contributed by atoms with Crippen molar-refractivity contribution < 1.29 is 14.2 Å². The van der Waals surface area contributed by atoms with Gasteiger partial charge in [-0.25, -0.2) is 0 Å². The lowest BCUT2D eigenvalue weighted by molar-refractivity contribution is -0.0432. The van der Waals surface area contributed by atoms with E-state index in [2.05, 4.69) is 17.8 Å². The number of rotatable bonds is 7. The molecular formula is C20H21NO3. The Bertz CT molecular complexity index is 687. The minimum Gasteiger partial charge on any atom is -0.449 e. The molecule has 4 nitrogen and oxygen atoms in total. The molecule has 1 unspecified atom stereocenters. The average Bonchev–Trinajstić information content (AvgIpc) is 2.84. The van der Waals surface area contributed by atoms with E-state index >= 15 is 0 Å². The molecule has 0 saturated carbocycles. The Labute approximate surface area is 144 Å². The maximum atomic E-state index is 5.80. The third-order valence-corrected chi connectivity index (χ3v) is 3.47. The first-order chi connectivity index (χ1) is 11.5. The number of ether oxygens (including phenoxy) is 3. The first-order valence-electron chi connectivity index (χ1n) is 7.65. The van der Waals surface area contributed by atoms with Crippen molar-refractivity contribution in [3.63, 3.8) is 0 Å². The van der Waals surface area contributed by atoms with Crippen molar-refractivity contribution in [2.45, 2.75) is 25.7 Å². The van der Waals surface area contributed by atoms with E-state index in [1.807, 2.05) is 36.9 Å². The van der Waals surface area contributed by atoms with Crippen LogP contribution in [0.25, 0.3) is 0 Å². The van der Waals surface area contributed by atoms with Gasteiger partial charge in [0.25, 0.3) is 0 Å². The smallest absolute Gasteiger partial charge is 0.246 e. The van der Waals surface area contributed by atoms with Crippen molar-refractivity contribution in [2.75, 3.05) is 26.2 Å². The van der Waals surface area contributed by atoms with Crippen LogP contribution in [0.5, 0.6) is 11.5 Å². The van der Waals surface area contributed by atoms with Crippen molar-refractivity contribution >= 4 is 0 Å². The van der Waals surface area contributed by atoms with Gasteiger partial charge in [0.1, 0.15) is 6.61 Å². The number of hydrogen-bond donors (Lipinski definition) is 0. The van der Waals surface area contributed by atoms with Crippen LogP contribution in [0.3, 0.4) is 0 Å². The van der Waals surface area contributed by atoms with Crippen LogP contribution in [0.2, 0.25) is 0 Å². The second-order valence-electron chi connectivity index (χ2n) is 5.89. The van der Waals surface area contributed by atoms with Crippen molar-refractivity contribution in [3.8, 4) is 48.5 Å². The van der Waals surface area contributed by atoms with Gasteiger partial charge in [-0.15, -0.1) is 19.3 Å². The molecule has 0 aromatic heterocycles. The standard InChI is InChI=1S/C20H21NO3/c1-6-11-21(12-7-2)15-19(22-13-8-3)16-9-10-17-18(14-16)24-20(4,5)23-17/h1-3,9-10,14,19H,11-13,15H2,4-5H3. The Balaban J connectivity index is 2.21. The lowest BCUT2D eigenvalue weighted by atomic mass is 10.1. The third kappa shape index (κ3) is 4.46. The van der Waals surface area contributed by atoms with E-state index in [1.54, 1.807) is 0 Å². The number of benzene rings is 1. The highest BCUT2D eigenvalue weighted by atomic mass is 16.7. The summed E-state index contributed by atoms with van der Waals surface area (Å²) in [6.45, 7) is 5.35. The van der Waals surface area contributed by atoms with Crippen LogP contribution < -0.4 is 9.47 Å². The van der Waals surface area contributed by atoms with Gasteiger partial charge in [0.05, 0.1) is 19.2 Å². The van der Waals surface area contributed by atoms with E-state index in [4.69, 9.17) is 33.5 Å². The minimum atomic E-state index is -0.672. The maximum Gasteiger partial charge on any atom is 0.246 e. The molecular weight excluding hydrogens is 302 g/mol. The molecule has 0 N–H and O–H groups in total. The summed E-state index contributed by atoms with van der Waals surface area (Å²) < 4.78 is 17.3. The lowest BCUT2D eigenvalue weighted by Crippen LogP contribution is -2.31. The van der Waals surface area contributed by atoms with Crippen molar-refractivity contribution in [1.82, 2.24) is 4.90 Å². The zero-order chi connectivity index (χ0) is 17.6. The van der Waals surface area contributed by atoms with Gasteiger partial charge in [0.2, 0.25) is 5.79 Å². The van der Waals surface area contributed by atoms with Crippen LogP contribution in [0.15, 0.2) is 18.2 Å². The van der Waals surface area contributed by atoms with E-state index in [9.17, 15) is 0 Å². The fourth-order valence-corrected chi connectivity index (χ4v) is 2.52. The number of hydrogen-bond acceptors (Lipinski definition) is 4. The molecule has 0 fully saturated rings. The summed E-state index contributed by atoms with van der Waals surface area (Å²) in [6.07, 6.45) is 15.9. The molecule has 1 atom stereocenters. The topological polar surface area (TPSA) is 30.9 Å². The second kappa shape index (κ2) is 7.80. The summed E-state index contributed by atoms with van der Waals surface area (Å²) in [5, 5.41) is 0. The van der Waals surface area contributed by atoms with Gasteiger partial charge in [-0.2, -0.15) is 0 Å². The van der Waals surface area contributed by atoms with Crippen LogP contribution in [0.1, 0.15) is 25.5 Å². The lowest BCUT2D eigenvalue weighted by Gasteiger charge is -2.24. The summed E-state index contributed by atoms with van der Waals surface area (Å²) in [6, 6.07) is 5.72. The first kappa shape index (κ1) is 17.8. The van der Waals surface area contributed by atoms with Gasteiger partial charge in [-0.3, -0.25) is 4.90 Å². The molecule has 0 amide bonds. The molecule has 124 valence electrons. The number of fused-ring (bicyclic) bond motifs is 1. The summed E-state index contributed by atoms with van der Waals surface area (Å²) >= 11 is 0. The summed E-state index contributed by atoms with van der Waals surface area (Å²) in [5.41, 5.74) is 0.935. The maximum absolute atomic E-state index is 5.80. The molecule has 1 aliphatic heterocycles. The number of terminal acetylenes is 3. The average molecular weight is 323 g/mol. The Kier molecular flexibility index (Phi) is 5.78. The Hall–Kier alpha value is -2.58. The molecule has 1 aromatic carbocycles. The van der Waals surface area contributed by atoms with E-state index in [0.717, 1.165) is 5.56 Å². The summed E-state index contributed by atoms with van der Waals surface area (Å²) in [7, 11) is 0. The SMILES string of the molecule is C#CCOC(CN(CC#C)CC#C)c1ccc2c(c1)OC(C)(C)O2. The summed E-state index contributed by atoms with van der Waals surface area (Å²) in [4.78, 5) is 1.95. The quantitative estimate of drug-likeness (QED) is 0.721. The zero-order valence-electron chi connectivity index (χ0n) is 14.0. The Morgan fingerprint density at radius 2 is 1.75 bits per heavy atom. The molecule has 0 spiro atoms. The van der Waals surface area contributed by atoms with Gasteiger partial charge in [-0.1, -0.05) is 23.8 Å². The molecule has 24 heavy (non-hydrogen) atoms. The van der Waals surface area contributed by atoms with Crippen molar-refractivity contribution in [2.24, 2.45) is 0 Å². The molecule has 4 heteroatoms. The molecule has 0 radical (unpaired) electrons. The Morgan fingerprint density at radius 1 is 1.08 bits per heavy atom. The van der Waals surface area contributed by atoms with Gasteiger partial charge < -0.3 is 14.2 Å². The molecule has 1 heterocycles. The van der Waals surface area contributed by atoms with Crippen molar-refractivity contribution in [3.05, 3.63) is 23.8 Å². The predicted octanol–water partition coefficient (Wildman–Crippen LogP) is 2.45. The van der Waals surface area contributed by atoms with Gasteiger partial charge in [0.15, 0.2) is 11.5 Å². The monoisotopic (exact) mass is 323 g/mol. The van der Waals surface area contributed by atoms with Crippen LogP contribution in [-0.4, -0.2) is 36.9 Å². The fourth-order valence-electron chi connectivity index (χ4n) is 2.52. The van der Waals surface area contributed by atoms with Gasteiger partial charge in [0, 0.05) is 20.4 Å². The van der Waals surface area contributed by atoms with Crippen LogP contribution >= 0.6 is 0 Å². The molecule has 0 bridgehead atoms. The molecule has 1 aromatic rings. The molecule has 2 rings (SSSR count).